The molecule has 0 aromatic heterocycles. The topological polar surface area (TPSA) is 58.1 Å². The second-order valence-electron chi connectivity index (χ2n) is 7.68. The highest BCUT2D eigenvalue weighted by Gasteiger charge is 2.20. The summed E-state index contributed by atoms with van der Waals surface area (Å²) in [6.07, 6.45) is 5.29. The van der Waals surface area contributed by atoms with E-state index in [-0.39, 0.29) is 5.82 Å². The minimum atomic E-state index is -0.176. The summed E-state index contributed by atoms with van der Waals surface area (Å²) < 4.78 is 24.7. The number of hydrogen-bond acceptors (Lipinski definition) is 4. The first-order chi connectivity index (χ1) is 14.2. The van der Waals surface area contributed by atoms with Gasteiger partial charge in [0.05, 0.1) is 6.10 Å². The Balaban J connectivity index is 1.37. The van der Waals surface area contributed by atoms with Gasteiger partial charge in [0.25, 0.3) is 0 Å². The Morgan fingerprint density at radius 1 is 1.24 bits per heavy atom. The van der Waals surface area contributed by atoms with E-state index in [0.29, 0.717) is 12.1 Å². The van der Waals surface area contributed by atoms with Crippen molar-refractivity contribution in [2.45, 2.75) is 51.2 Å². The Labute approximate surface area is 173 Å². The molecule has 29 heavy (non-hydrogen) atoms. The lowest BCUT2D eigenvalue weighted by atomic mass is 10.0. The van der Waals surface area contributed by atoms with Crippen molar-refractivity contribution in [2.75, 3.05) is 50.9 Å². The Kier molecular flexibility index (Phi) is 9.02. The summed E-state index contributed by atoms with van der Waals surface area (Å²) in [4.78, 5) is 6.95. The predicted molar refractivity (Wildman–Crippen MR) is 115 cm³/mol. The molecule has 0 unspecified atom stereocenters. The van der Waals surface area contributed by atoms with E-state index in [0.717, 1.165) is 89.8 Å². The molecule has 2 aliphatic heterocycles. The first-order valence-corrected chi connectivity index (χ1v) is 11.0. The van der Waals surface area contributed by atoms with Gasteiger partial charge in [-0.2, -0.15) is 0 Å². The fourth-order valence-electron chi connectivity index (χ4n) is 3.82. The molecule has 7 heteroatoms. The van der Waals surface area contributed by atoms with Crippen LogP contribution >= 0.6 is 0 Å². The number of guanidine groups is 1. The number of hydrogen-bond donors (Lipinski definition) is 2. The Morgan fingerprint density at radius 3 is 2.76 bits per heavy atom. The average molecular weight is 407 g/mol. The normalized spacial score (nSPS) is 19.4. The molecular weight excluding hydrogens is 371 g/mol. The van der Waals surface area contributed by atoms with E-state index in [4.69, 9.17) is 14.5 Å². The highest BCUT2D eigenvalue weighted by Crippen LogP contribution is 2.20. The van der Waals surface area contributed by atoms with Gasteiger partial charge in [0.15, 0.2) is 5.96 Å². The van der Waals surface area contributed by atoms with Crippen LogP contribution in [0.3, 0.4) is 0 Å². The first kappa shape index (κ1) is 21.8. The quantitative estimate of drug-likeness (QED) is 0.395. The molecule has 2 saturated heterocycles. The van der Waals surface area contributed by atoms with Gasteiger partial charge in [0.1, 0.15) is 5.82 Å². The van der Waals surface area contributed by atoms with Crippen molar-refractivity contribution in [3.8, 4) is 0 Å². The third-order valence-corrected chi connectivity index (χ3v) is 5.45. The Morgan fingerprint density at radius 2 is 2.03 bits per heavy atom. The average Bonchev–Trinajstić information content (AvgIpc) is 2.75. The fraction of sp³-hybridized carbons (Fsp3) is 0.682. The van der Waals surface area contributed by atoms with Crippen molar-refractivity contribution in [3.05, 3.63) is 30.1 Å². The van der Waals surface area contributed by atoms with Crippen LogP contribution in [0, 0.1) is 5.82 Å². The number of ether oxygens (including phenoxy) is 2. The number of benzene rings is 1. The van der Waals surface area contributed by atoms with Crippen LogP contribution in [0.2, 0.25) is 0 Å². The highest BCUT2D eigenvalue weighted by atomic mass is 19.1. The number of aliphatic imine (C=N–C) groups is 1. The van der Waals surface area contributed by atoms with Gasteiger partial charge in [-0.25, -0.2) is 4.39 Å². The van der Waals surface area contributed by atoms with Gasteiger partial charge >= 0.3 is 0 Å². The minimum absolute atomic E-state index is 0.176. The maximum Gasteiger partial charge on any atom is 0.191 e. The van der Waals surface area contributed by atoms with E-state index in [1.165, 1.54) is 6.07 Å². The smallest absolute Gasteiger partial charge is 0.191 e. The van der Waals surface area contributed by atoms with Gasteiger partial charge in [-0.1, -0.05) is 6.07 Å². The van der Waals surface area contributed by atoms with Gasteiger partial charge in [-0.05, 0) is 57.2 Å². The third kappa shape index (κ3) is 7.48. The van der Waals surface area contributed by atoms with Crippen LogP contribution in [0.1, 0.15) is 39.0 Å². The molecule has 6 nitrogen and oxygen atoms in total. The minimum Gasteiger partial charge on any atom is -0.381 e. The number of rotatable bonds is 8. The number of nitrogens with one attached hydrogen (secondary N) is 2. The largest absolute Gasteiger partial charge is 0.381 e. The van der Waals surface area contributed by atoms with Crippen molar-refractivity contribution in [1.29, 1.82) is 0 Å². The molecule has 0 radical (unpaired) electrons. The lowest BCUT2D eigenvalue weighted by molar-refractivity contribution is -0.0318. The zero-order valence-electron chi connectivity index (χ0n) is 17.5. The predicted octanol–water partition coefficient (Wildman–Crippen LogP) is 2.94. The highest BCUT2D eigenvalue weighted by molar-refractivity contribution is 5.80. The maximum atomic E-state index is 13.5. The Hall–Kier alpha value is -1.86. The molecule has 0 bridgehead atoms. The molecule has 2 aliphatic rings. The Bertz CT molecular complexity index is 629. The zero-order valence-corrected chi connectivity index (χ0v) is 17.5. The lowest BCUT2D eigenvalue weighted by Crippen LogP contribution is -2.48. The van der Waals surface area contributed by atoms with Crippen LogP contribution in [0.15, 0.2) is 29.3 Å². The summed E-state index contributed by atoms with van der Waals surface area (Å²) in [6.45, 7) is 7.88. The van der Waals surface area contributed by atoms with Gasteiger partial charge in [-0.15, -0.1) is 0 Å². The molecule has 162 valence electrons. The van der Waals surface area contributed by atoms with Crippen molar-refractivity contribution in [3.63, 3.8) is 0 Å². The van der Waals surface area contributed by atoms with Gasteiger partial charge < -0.3 is 25.0 Å². The lowest BCUT2D eigenvalue weighted by Gasteiger charge is -2.34. The van der Waals surface area contributed by atoms with Gasteiger partial charge in [0.2, 0.25) is 0 Å². The van der Waals surface area contributed by atoms with E-state index < -0.39 is 0 Å². The molecule has 2 N–H and O–H groups in total. The zero-order chi connectivity index (χ0) is 20.3. The molecule has 0 saturated carbocycles. The molecule has 3 rings (SSSR count). The molecule has 2 fully saturated rings. The third-order valence-electron chi connectivity index (χ3n) is 5.45. The van der Waals surface area contributed by atoms with Crippen LogP contribution in [0.25, 0.3) is 0 Å². The van der Waals surface area contributed by atoms with E-state index in [1.54, 1.807) is 12.1 Å². The van der Waals surface area contributed by atoms with Crippen LogP contribution in [-0.4, -0.2) is 64.1 Å². The summed E-state index contributed by atoms with van der Waals surface area (Å²) in [6, 6.07) is 7.24. The van der Waals surface area contributed by atoms with E-state index in [2.05, 4.69) is 22.5 Å². The van der Waals surface area contributed by atoms with E-state index in [1.807, 2.05) is 6.07 Å². The van der Waals surface area contributed by atoms with E-state index >= 15 is 0 Å². The summed E-state index contributed by atoms with van der Waals surface area (Å²) in [5.74, 6) is 0.702. The van der Waals surface area contributed by atoms with Crippen LogP contribution in [-0.2, 0) is 9.47 Å². The fourth-order valence-corrected chi connectivity index (χ4v) is 3.82. The van der Waals surface area contributed by atoms with Crippen molar-refractivity contribution < 1.29 is 13.9 Å². The molecule has 0 spiro atoms. The number of nitrogens with zero attached hydrogens (tertiary/aromatic N) is 2. The molecule has 0 amide bonds. The maximum absolute atomic E-state index is 13.5. The number of piperidine rings is 1. The number of anilines is 1. The van der Waals surface area contributed by atoms with Crippen molar-refractivity contribution in [1.82, 2.24) is 10.6 Å². The van der Waals surface area contributed by atoms with Gasteiger partial charge in [-0.3, -0.25) is 4.99 Å². The summed E-state index contributed by atoms with van der Waals surface area (Å²) >= 11 is 0. The van der Waals surface area contributed by atoms with Crippen LogP contribution < -0.4 is 15.5 Å². The van der Waals surface area contributed by atoms with E-state index in [9.17, 15) is 4.39 Å². The summed E-state index contributed by atoms with van der Waals surface area (Å²) in [7, 11) is 0. The van der Waals surface area contributed by atoms with Crippen molar-refractivity contribution >= 4 is 11.6 Å². The SMILES string of the molecule is CCNC(=NCCCOC1CCOCC1)NC1CCN(c2cccc(F)c2)CC1. The van der Waals surface area contributed by atoms with Crippen LogP contribution in [0.4, 0.5) is 10.1 Å². The summed E-state index contributed by atoms with van der Waals surface area (Å²) in [5, 5.41) is 6.90. The summed E-state index contributed by atoms with van der Waals surface area (Å²) in [5.41, 5.74) is 0.966. The van der Waals surface area contributed by atoms with Gasteiger partial charge in [0, 0.05) is 57.7 Å². The molecule has 1 aromatic rings. The molecular formula is C22H35FN4O2. The second kappa shape index (κ2) is 12.0. The van der Waals surface area contributed by atoms with Crippen molar-refractivity contribution in [2.24, 2.45) is 4.99 Å². The molecule has 1 aromatic carbocycles. The molecule has 0 atom stereocenters. The first-order valence-electron chi connectivity index (χ1n) is 11.0. The number of halogens is 1. The second-order valence-corrected chi connectivity index (χ2v) is 7.68. The standard InChI is InChI=1S/C22H35FN4O2/c1-2-24-22(25-11-4-14-29-21-9-15-28-16-10-21)26-19-7-12-27(13-8-19)20-6-3-5-18(23)17-20/h3,5-6,17,19,21H,2,4,7-16H2,1H3,(H2,24,25,26). The monoisotopic (exact) mass is 406 g/mol. The van der Waals surface area contributed by atoms with Crippen LogP contribution in [0.5, 0.6) is 0 Å². The molecule has 0 aliphatic carbocycles. The molecule has 2 heterocycles.